The lowest BCUT2D eigenvalue weighted by Crippen LogP contribution is -2.37. The smallest absolute Gasteiger partial charge is 0.228 e. The van der Waals surface area contributed by atoms with Gasteiger partial charge in [-0.2, -0.15) is 0 Å². The van der Waals surface area contributed by atoms with E-state index in [1.54, 1.807) is 11.3 Å². The number of carbonyl (C=O) groups is 1. The van der Waals surface area contributed by atoms with Crippen LogP contribution >= 0.6 is 23.7 Å². The lowest BCUT2D eigenvalue weighted by atomic mass is 9.99. The number of rotatable bonds is 3. The van der Waals surface area contributed by atoms with Crippen molar-refractivity contribution in [1.29, 1.82) is 0 Å². The van der Waals surface area contributed by atoms with E-state index >= 15 is 0 Å². The van der Waals surface area contributed by atoms with Gasteiger partial charge in [0.05, 0.1) is 11.6 Å². The number of amides is 1. The summed E-state index contributed by atoms with van der Waals surface area (Å²) in [5, 5.41) is 8.30. The quantitative estimate of drug-likeness (QED) is 0.750. The van der Waals surface area contributed by atoms with Crippen LogP contribution in [0.15, 0.2) is 42.0 Å². The molecule has 1 unspecified atom stereocenters. The Kier molecular flexibility index (Phi) is 5.18. The fourth-order valence-corrected chi connectivity index (χ4v) is 3.61. The van der Waals surface area contributed by atoms with Gasteiger partial charge in [0, 0.05) is 35.6 Å². The molecule has 1 amide bonds. The summed E-state index contributed by atoms with van der Waals surface area (Å²) in [6.07, 6.45) is 6.05. The number of piperidine rings is 1. The molecule has 24 heavy (non-hydrogen) atoms. The maximum absolute atomic E-state index is 12.2. The van der Waals surface area contributed by atoms with Gasteiger partial charge in [-0.3, -0.25) is 9.20 Å². The van der Waals surface area contributed by atoms with Crippen LogP contribution in [0.2, 0.25) is 0 Å². The van der Waals surface area contributed by atoms with Gasteiger partial charge in [0.25, 0.3) is 0 Å². The molecule has 126 valence electrons. The molecular formula is C17H19ClN4OS. The van der Waals surface area contributed by atoms with Gasteiger partial charge in [-0.05, 0) is 31.5 Å². The number of thiazole rings is 1. The number of anilines is 1. The Balaban J connectivity index is 0.00000169. The van der Waals surface area contributed by atoms with Crippen molar-refractivity contribution in [3.8, 4) is 11.3 Å². The van der Waals surface area contributed by atoms with Crippen molar-refractivity contribution in [1.82, 2.24) is 14.7 Å². The third kappa shape index (κ3) is 3.45. The average molecular weight is 363 g/mol. The summed E-state index contributed by atoms with van der Waals surface area (Å²) in [6, 6.07) is 7.89. The molecule has 1 aliphatic rings. The standard InChI is InChI=1S/C17H18N4OS.ClH/c22-16(13-2-1-7-18-10-13)19-14-5-3-12(4-6-14)15-11-21-8-9-23-17(21)20-15;/h3-6,8-9,11,13,18H,1-2,7,10H2,(H,19,22);1H. The molecule has 4 rings (SSSR count). The molecule has 5 nitrogen and oxygen atoms in total. The Morgan fingerprint density at radius 1 is 1.33 bits per heavy atom. The van der Waals surface area contributed by atoms with Crippen LogP contribution in [0.4, 0.5) is 5.69 Å². The summed E-state index contributed by atoms with van der Waals surface area (Å²) in [4.78, 5) is 17.8. The van der Waals surface area contributed by atoms with Crippen LogP contribution in [0.1, 0.15) is 12.8 Å². The SMILES string of the molecule is Cl.O=C(Nc1ccc(-c2cn3ccsc3n2)cc1)C1CCCNC1. The Morgan fingerprint density at radius 3 is 2.88 bits per heavy atom. The van der Waals surface area contributed by atoms with Crippen LogP contribution in [-0.2, 0) is 4.79 Å². The Morgan fingerprint density at radius 2 is 2.17 bits per heavy atom. The molecule has 1 aliphatic heterocycles. The van der Waals surface area contributed by atoms with Crippen molar-refractivity contribution in [2.24, 2.45) is 5.92 Å². The number of carbonyl (C=O) groups excluding carboxylic acids is 1. The molecule has 1 fully saturated rings. The van der Waals surface area contributed by atoms with Crippen molar-refractivity contribution in [2.45, 2.75) is 12.8 Å². The molecule has 0 saturated carbocycles. The number of fused-ring (bicyclic) bond motifs is 1. The van der Waals surface area contributed by atoms with Gasteiger partial charge in [-0.1, -0.05) is 12.1 Å². The number of benzene rings is 1. The van der Waals surface area contributed by atoms with E-state index in [1.165, 1.54) is 0 Å². The molecule has 0 spiro atoms. The number of nitrogens with one attached hydrogen (secondary N) is 2. The van der Waals surface area contributed by atoms with E-state index in [-0.39, 0.29) is 24.2 Å². The summed E-state index contributed by atoms with van der Waals surface area (Å²) in [6.45, 7) is 1.79. The van der Waals surface area contributed by atoms with Crippen LogP contribution in [0, 0.1) is 5.92 Å². The van der Waals surface area contributed by atoms with Crippen molar-refractivity contribution in [2.75, 3.05) is 18.4 Å². The molecule has 1 saturated heterocycles. The van der Waals surface area contributed by atoms with Crippen LogP contribution < -0.4 is 10.6 Å². The van der Waals surface area contributed by atoms with E-state index < -0.39 is 0 Å². The van der Waals surface area contributed by atoms with Gasteiger partial charge in [0.15, 0.2) is 4.96 Å². The minimum Gasteiger partial charge on any atom is -0.326 e. The van der Waals surface area contributed by atoms with Gasteiger partial charge in [0.2, 0.25) is 5.91 Å². The van der Waals surface area contributed by atoms with Crippen molar-refractivity contribution in [3.63, 3.8) is 0 Å². The van der Waals surface area contributed by atoms with E-state index in [9.17, 15) is 4.79 Å². The van der Waals surface area contributed by atoms with Gasteiger partial charge >= 0.3 is 0 Å². The number of imidazole rings is 1. The zero-order valence-corrected chi connectivity index (χ0v) is 14.7. The predicted molar refractivity (Wildman–Crippen MR) is 100.0 cm³/mol. The highest BCUT2D eigenvalue weighted by Crippen LogP contribution is 2.23. The molecule has 2 aromatic heterocycles. The third-order valence-corrected chi connectivity index (χ3v) is 4.98. The van der Waals surface area contributed by atoms with Crippen LogP contribution in [0.25, 0.3) is 16.2 Å². The second-order valence-electron chi connectivity index (χ2n) is 5.83. The molecule has 7 heteroatoms. The highest BCUT2D eigenvalue weighted by Gasteiger charge is 2.20. The lowest BCUT2D eigenvalue weighted by Gasteiger charge is -2.21. The van der Waals surface area contributed by atoms with E-state index in [0.29, 0.717) is 0 Å². The van der Waals surface area contributed by atoms with Gasteiger partial charge < -0.3 is 10.6 Å². The zero-order valence-electron chi connectivity index (χ0n) is 13.1. The van der Waals surface area contributed by atoms with Crippen molar-refractivity contribution in [3.05, 3.63) is 42.0 Å². The van der Waals surface area contributed by atoms with E-state index in [1.807, 2.05) is 46.4 Å². The first-order valence-electron chi connectivity index (χ1n) is 7.84. The summed E-state index contributed by atoms with van der Waals surface area (Å²) in [5.41, 5.74) is 2.84. The number of nitrogens with zero attached hydrogens (tertiary/aromatic N) is 2. The maximum Gasteiger partial charge on any atom is 0.228 e. The molecule has 3 heterocycles. The van der Waals surface area contributed by atoms with Gasteiger partial charge in [-0.25, -0.2) is 4.98 Å². The molecule has 1 aromatic carbocycles. The van der Waals surface area contributed by atoms with E-state index in [4.69, 9.17) is 0 Å². The summed E-state index contributed by atoms with van der Waals surface area (Å²) < 4.78 is 2.02. The molecular weight excluding hydrogens is 344 g/mol. The minimum absolute atomic E-state index is 0. The van der Waals surface area contributed by atoms with Gasteiger partial charge in [-0.15, -0.1) is 23.7 Å². The number of halogens is 1. The first-order valence-corrected chi connectivity index (χ1v) is 8.72. The summed E-state index contributed by atoms with van der Waals surface area (Å²) >= 11 is 1.62. The number of aromatic nitrogens is 2. The zero-order chi connectivity index (χ0) is 15.6. The average Bonchev–Trinajstić information content (AvgIpc) is 3.18. The molecule has 2 N–H and O–H groups in total. The Bertz CT molecular complexity index is 792. The van der Waals surface area contributed by atoms with Crippen molar-refractivity contribution < 1.29 is 4.79 Å². The van der Waals surface area contributed by atoms with Crippen LogP contribution in [0.5, 0.6) is 0 Å². The Hall–Kier alpha value is -1.89. The fourth-order valence-electron chi connectivity index (χ4n) is 2.91. The number of hydrogen-bond donors (Lipinski definition) is 2. The largest absolute Gasteiger partial charge is 0.326 e. The second-order valence-corrected chi connectivity index (χ2v) is 6.70. The lowest BCUT2D eigenvalue weighted by molar-refractivity contribution is -0.120. The van der Waals surface area contributed by atoms with Crippen molar-refractivity contribution >= 4 is 40.3 Å². The Labute approximate surface area is 150 Å². The van der Waals surface area contributed by atoms with E-state index in [2.05, 4.69) is 15.6 Å². The highest BCUT2D eigenvalue weighted by atomic mass is 35.5. The third-order valence-electron chi connectivity index (χ3n) is 4.21. The molecule has 1 atom stereocenters. The highest BCUT2D eigenvalue weighted by molar-refractivity contribution is 7.15. The van der Waals surface area contributed by atoms with Crippen LogP contribution in [-0.4, -0.2) is 28.4 Å². The summed E-state index contributed by atoms with van der Waals surface area (Å²) in [7, 11) is 0. The fraction of sp³-hybridized carbons (Fsp3) is 0.294. The summed E-state index contributed by atoms with van der Waals surface area (Å²) in [5.74, 6) is 0.177. The second kappa shape index (κ2) is 7.34. The van der Waals surface area contributed by atoms with Gasteiger partial charge in [0.1, 0.15) is 0 Å². The predicted octanol–water partition coefficient (Wildman–Crippen LogP) is 3.42. The molecule has 3 aromatic rings. The minimum atomic E-state index is 0. The molecule has 0 bridgehead atoms. The first-order chi connectivity index (χ1) is 11.3. The van der Waals surface area contributed by atoms with Crippen LogP contribution in [0.3, 0.4) is 0 Å². The normalized spacial score (nSPS) is 17.4. The first kappa shape index (κ1) is 17.0. The van der Waals surface area contributed by atoms with E-state index in [0.717, 1.165) is 47.8 Å². The maximum atomic E-state index is 12.2. The number of hydrogen-bond acceptors (Lipinski definition) is 4. The molecule has 0 radical (unpaired) electrons. The topological polar surface area (TPSA) is 58.4 Å². The molecule has 0 aliphatic carbocycles. The monoisotopic (exact) mass is 362 g/mol.